The Kier molecular flexibility index (Phi) is 6.45. The maximum atomic E-state index is 4.26. The minimum absolute atomic E-state index is 1.07. The van der Waals surface area contributed by atoms with E-state index in [4.69, 9.17) is 0 Å². The van der Waals surface area contributed by atoms with Crippen LogP contribution in [0, 0.1) is 0 Å². The highest BCUT2D eigenvalue weighted by Gasteiger charge is 2.09. The van der Waals surface area contributed by atoms with Crippen molar-refractivity contribution in [1.29, 1.82) is 0 Å². The van der Waals surface area contributed by atoms with Crippen molar-refractivity contribution in [3.05, 3.63) is 145 Å². The molecular weight excluding hydrogens is 516 g/mol. The lowest BCUT2D eigenvalue weighted by atomic mass is 9.92. The minimum Gasteiger partial charge on any atom is -0.264 e. The standard InChI is InChI=1S/C34H23BrN2/c35-34-15-13-28(14-16-34)33-20-31(26-9-5-24(6-10-26)29-3-1-17-36-22-29)19-32(21-33)27-11-7-25(8-12-27)30-4-2-18-37-23-30/h1-23H. The Morgan fingerprint density at radius 2 is 0.676 bits per heavy atom. The van der Waals surface area contributed by atoms with Crippen molar-refractivity contribution in [2.75, 3.05) is 0 Å². The lowest BCUT2D eigenvalue weighted by Gasteiger charge is -2.12. The van der Waals surface area contributed by atoms with Gasteiger partial charge in [-0.25, -0.2) is 0 Å². The van der Waals surface area contributed by atoms with Gasteiger partial charge in [0.2, 0.25) is 0 Å². The molecular formula is C34H23BrN2. The smallest absolute Gasteiger partial charge is 0.0346 e. The van der Waals surface area contributed by atoms with E-state index in [1.54, 1.807) is 12.4 Å². The van der Waals surface area contributed by atoms with E-state index in [0.717, 1.165) is 26.7 Å². The molecule has 2 heterocycles. The van der Waals surface area contributed by atoms with Crippen LogP contribution in [0.3, 0.4) is 0 Å². The fourth-order valence-corrected chi connectivity index (χ4v) is 4.81. The summed E-state index contributed by atoms with van der Waals surface area (Å²) in [5.41, 5.74) is 11.7. The molecule has 4 aromatic carbocycles. The van der Waals surface area contributed by atoms with Gasteiger partial charge in [0.1, 0.15) is 0 Å². The lowest BCUT2D eigenvalue weighted by molar-refractivity contribution is 1.33. The van der Waals surface area contributed by atoms with Gasteiger partial charge in [0.15, 0.2) is 0 Å². The van der Waals surface area contributed by atoms with Crippen LogP contribution in [0.15, 0.2) is 145 Å². The fourth-order valence-electron chi connectivity index (χ4n) is 4.55. The number of halogens is 1. The van der Waals surface area contributed by atoms with Crippen molar-refractivity contribution in [2.45, 2.75) is 0 Å². The second kappa shape index (κ2) is 10.3. The van der Waals surface area contributed by atoms with Gasteiger partial charge < -0.3 is 0 Å². The molecule has 2 nitrogen and oxygen atoms in total. The number of pyridine rings is 2. The van der Waals surface area contributed by atoms with Gasteiger partial charge in [0.25, 0.3) is 0 Å². The Morgan fingerprint density at radius 1 is 0.351 bits per heavy atom. The number of hydrogen-bond acceptors (Lipinski definition) is 2. The van der Waals surface area contributed by atoms with Crippen LogP contribution in [0.1, 0.15) is 0 Å². The summed E-state index contributed by atoms with van der Waals surface area (Å²) in [4.78, 5) is 8.51. The third-order valence-electron chi connectivity index (χ3n) is 6.54. The molecule has 0 fully saturated rings. The van der Waals surface area contributed by atoms with Gasteiger partial charge in [-0.2, -0.15) is 0 Å². The van der Waals surface area contributed by atoms with E-state index in [-0.39, 0.29) is 0 Å². The number of hydrogen-bond donors (Lipinski definition) is 0. The van der Waals surface area contributed by atoms with E-state index in [2.05, 4.69) is 129 Å². The molecule has 0 bridgehead atoms. The van der Waals surface area contributed by atoms with Crippen molar-refractivity contribution in [2.24, 2.45) is 0 Å². The van der Waals surface area contributed by atoms with Crippen molar-refractivity contribution >= 4 is 15.9 Å². The molecule has 0 amide bonds. The largest absolute Gasteiger partial charge is 0.264 e. The first-order valence-corrected chi connectivity index (χ1v) is 12.9. The molecule has 0 aliphatic carbocycles. The van der Waals surface area contributed by atoms with Gasteiger partial charge in [-0.3, -0.25) is 9.97 Å². The second-order valence-corrected chi connectivity index (χ2v) is 9.86. The molecule has 0 aliphatic rings. The van der Waals surface area contributed by atoms with E-state index in [1.165, 1.54) is 33.4 Å². The Morgan fingerprint density at radius 3 is 1.00 bits per heavy atom. The molecule has 0 saturated heterocycles. The third-order valence-corrected chi connectivity index (χ3v) is 7.07. The van der Waals surface area contributed by atoms with Crippen LogP contribution in [0.5, 0.6) is 0 Å². The molecule has 0 atom stereocenters. The highest BCUT2D eigenvalue weighted by Crippen LogP contribution is 2.35. The SMILES string of the molecule is Brc1ccc(-c2cc(-c3ccc(-c4cccnc4)cc3)cc(-c3ccc(-c4cccnc4)cc3)c2)cc1. The van der Waals surface area contributed by atoms with E-state index in [9.17, 15) is 0 Å². The van der Waals surface area contributed by atoms with Crippen molar-refractivity contribution in [3.63, 3.8) is 0 Å². The van der Waals surface area contributed by atoms with Crippen molar-refractivity contribution in [1.82, 2.24) is 9.97 Å². The van der Waals surface area contributed by atoms with Crippen LogP contribution in [0.25, 0.3) is 55.6 Å². The molecule has 0 radical (unpaired) electrons. The Bertz CT molecular complexity index is 1520. The summed E-state index contributed by atoms with van der Waals surface area (Å²) in [7, 11) is 0. The predicted molar refractivity (Wildman–Crippen MR) is 157 cm³/mol. The van der Waals surface area contributed by atoms with Gasteiger partial charge in [-0.15, -0.1) is 0 Å². The maximum absolute atomic E-state index is 4.26. The van der Waals surface area contributed by atoms with Crippen LogP contribution in [0.4, 0.5) is 0 Å². The maximum Gasteiger partial charge on any atom is 0.0346 e. The summed E-state index contributed by atoms with van der Waals surface area (Å²) in [6.07, 6.45) is 7.40. The molecule has 0 N–H and O–H groups in total. The van der Waals surface area contributed by atoms with Crippen LogP contribution < -0.4 is 0 Å². The molecule has 0 unspecified atom stereocenters. The van der Waals surface area contributed by atoms with Gasteiger partial charge >= 0.3 is 0 Å². The number of nitrogens with zero attached hydrogens (tertiary/aromatic N) is 2. The van der Waals surface area contributed by atoms with E-state index in [1.807, 2.05) is 24.5 Å². The Hall–Kier alpha value is -4.34. The van der Waals surface area contributed by atoms with Crippen LogP contribution >= 0.6 is 15.9 Å². The van der Waals surface area contributed by atoms with Gasteiger partial charge in [-0.05, 0) is 98.1 Å². The summed E-state index contributed by atoms with van der Waals surface area (Å²) in [6, 6.07) is 40.9. The molecule has 6 aromatic rings. The number of benzene rings is 4. The minimum atomic E-state index is 1.07. The molecule has 37 heavy (non-hydrogen) atoms. The van der Waals surface area contributed by atoms with Crippen LogP contribution in [-0.4, -0.2) is 9.97 Å². The third kappa shape index (κ3) is 5.13. The molecule has 0 spiro atoms. The van der Waals surface area contributed by atoms with Crippen molar-refractivity contribution < 1.29 is 0 Å². The van der Waals surface area contributed by atoms with Gasteiger partial charge in [-0.1, -0.05) is 88.7 Å². The van der Waals surface area contributed by atoms with E-state index < -0.39 is 0 Å². The number of aromatic nitrogens is 2. The molecule has 0 saturated carbocycles. The zero-order chi connectivity index (χ0) is 25.0. The highest BCUT2D eigenvalue weighted by molar-refractivity contribution is 9.10. The molecule has 3 heteroatoms. The monoisotopic (exact) mass is 538 g/mol. The van der Waals surface area contributed by atoms with Crippen molar-refractivity contribution in [3.8, 4) is 55.6 Å². The summed E-state index contributed by atoms with van der Waals surface area (Å²) in [6.45, 7) is 0. The van der Waals surface area contributed by atoms with Gasteiger partial charge in [0, 0.05) is 29.3 Å². The average Bonchev–Trinajstić information content (AvgIpc) is 2.98. The first kappa shape index (κ1) is 23.1. The summed E-state index contributed by atoms with van der Waals surface area (Å²) >= 11 is 3.56. The first-order valence-electron chi connectivity index (χ1n) is 12.2. The predicted octanol–water partition coefficient (Wildman–Crippen LogP) is 9.57. The van der Waals surface area contributed by atoms with E-state index in [0.29, 0.717) is 0 Å². The number of rotatable bonds is 5. The fraction of sp³-hybridized carbons (Fsp3) is 0. The second-order valence-electron chi connectivity index (χ2n) is 8.94. The summed E-state index contributed by atoms with van der Waals surface area (Å²) in [5, 5.41) is 0. The van der Waals surface area contributed by atoms with Crippen LogP contribution in [0.2, 0.25) is 0 Å². The molecule has 6 rings (SSSR count). The molecule has 176 valence electrons. The van der Waals surface area contributed by atoms with Gasteiger partial charge in [0.05, 0.1) is 0 Å². The zero-order valence-corrected chi connectivity index (χ0v) is 21.6. The average molecular weight is 539 g/mol. The molecule has 2 aromatic heterocycles. The van der Waals surface area contributed by atoms with Crippen LogP contribution in [-0.2, 0) is 0 Å². The highest BCUT2D eigenvalue weighted by atomic mass is 79.9. The normalized spacial score (nSPS) is 10.8. The topological polar surface area (TPSA) is 25.8 Å². The molecule has 0 aliphatic heterocycles. The summed E-state index contributed by atoms with van der Waals surface area (Å²) in [5.74, 6) is 0. The Labute approximate surface area is 225 Å². The summed E-state index contributed by atoms with van der Waals surface area (Å²) < 4.78 is 1.07. The van der Waals surface area contributed by atoms with E-state index >= 15 is 0 Å². The lowest BCUT2D eigenvalue weighted by Crippen LogP contribution is -1.87. The zero-order valence-electron chi connectivity index (χ0n) is 20.1. The quantitative estimate of drug-likeness (QED) is 0.218. The Balaban J connectivity index is 1.42. The first-order chi connectivity index (χ1) is 18.2.